The van der Waals surface area contributed by atoms with Crippen molar-refractivity contribution in [2.75, 3.05) is 7.11 Å². The van der Waals surface area contributed by atoms with Crippen LogP contribution in [0.15, 0.2) is 18.2 Å². The summed E-state index contributed by atoms with van der Waals surface area (Å²) >= 11 is 0. The van der Waals surface area contributed by atoms with Gasteiger partial charge in [0.1, 0.15) is 0 Å². The lowest BCUT2D eigenvalue weighted by Crippen LogP contribution is -2.25. The van der Waals surface area contributed by atoms with E-state index in [-0.39, 0.29) is 5.97 Å². The van der Waals surface area contributed by atoms with Crippen molar-refractivity contribution in [2.45, 2.75) is 27.7 Å². The van der Waals surface area contributed by atoms with Gasteiger partial charge in [-0.05, 0) is 45.4 Å². The van der Waals surface area contributed by atoms with Gasteiger partial charge in [0, 0.05) is 0 Å². The van der Waals surface area contributed by atoms with Crippen LogP contribution in [0.3, 0.4) is 0 Å². The Morgan fingerprint density at radius 3 is 2.31 bits per heavy atom. The fourth-order valence-electron chi connectivity index (χ4n) is 1.11. The van der Waals surface area contributed by atoms with Gasteiger partial charge in [-0.15, -0.1) is 0 Å². The van der Waals surface area contributed by atoms with Crippen molar-refractivity contribution in [3.05, 3.63) is 23.8 Å². The maximum Gasteiger partial charge on any atom is 0.316 e. The van der Waals surface area contributed by atoms with E-state index < -0.39 is 5.41 Å². The molecule has 3 nitrogen and oxygen atoms in total. The zero-order valence-corrected chi connectivity index (χ0v) is 10.5. The molecule has 0 radical (unpaired) electrons. The summed E-state index contributed by atoms with van der Waals surface area (Å²) in [6, 6.07) is 5.47. The Kier molecular flexibility index (Phi) is 3.58. The van der Waals surface area contributed by atoms with Crippen LogP contribution in [0.2, 0.25) is 0 Å². The first-order valence-corrected chi connectivity index (χ1v) is 5.21. The Morgan fingerprint density at radius 2 is 1.81 bits per heavy atom. The Bertz CT molecular complexity index is 389. The third-order valence-electron chi connectivity index (χ3n) is 2.13. The van der Waals surface area contributed by atoms with Crippen molar-refractivity contribution in [3.63, 3.8) is 0 Å². The van der Waals surface area contributed by atoms with Crippen molar-refractivity contribution in [1.82, 2.24) is 0 Å². The van der Waals surface area contributed by atoms with E-state index in [9.17, 15) is 4.79 Å². The summed E-state index contributed by atoms with van der Waals surface area (Å²) in [5.74, 6) is 0.778. The smallest absolute Gasteiger partial charge is 0.316 e. The van der Waals surface area contributed by atoms with Crippen LogP contribution < -0.4 is 9.47 Å². The van der Waals surface area contributed by atoms with Crippen molar-refractivity contribution in [1.29, 1.82) is 0 Å². The lowest BCUT2D eigenvalue weighted by atomic mass is 9.97. The highest BCUT2D eigenvalue weighted by molar-refractivity contribution is 5.78. The van der Waals surface area contributed by atoms with E-state index >= 15 is 0 Å². The molecule has 16 heavy (non-hydrogen) atoms. The molecule has 0 saturated heterocycles. The topological polar surface area (TPSA) is 35.5 Å². The SMILES string of the molecule is COc1cc(C)ccc1OC(=O)C(C)(C)C. The van der Waals surface area contributed by atoms with Crippen LogP contribution >= 0.6 is 0 Å². The molecule has 0 amide bonds. The average Bonchev–Trinajstić information content (AvgIpc) is 2.19. The van der Waals surface area contributed by atoms with E-state index in [0.29, 0.717) is 11.5 Å². The molecule has 0 bridgehead atoms. The van der Waals surface area contributed by atoms with E-state index in [1.54, 1.807) is 13.2 Å². The summed E-state index contributed by atoms with van der Waals surface area (Å²) in [6.45, 7) is 7.40. The summed E-state index contributed by atoms with van der Waals surface area (Å²) in [7, 11) is 1.56. The maximum absolute atomic E-state index is 11.7. The average molecular weight is 222 g/mol. The minimum absolute atomic E-state index is 0.269. The van der Waals surface area contributed by atoms with E-state index in [4.69, 9.17) is 9.47 Å². The van der Waals surface area contributed by atoms with Gasteiger partial charge in [0.15, 0.2) is 11.5 Å². The molecule has 0 aliphatic rings. The summed E-state index contributed by atoms with van der Waals surface area (Å²) in [5, 5.41) is 0. The van der Waals surface area contributed by atoms with Crippen LogP contribution in [-0.2, 0) is 4.79 Å². The molecular weight excluding hydrogens is 204 g/mol. The van der Waals surface area contributed by atoms with E-state index in [1.807, 2.05) is 39.8 Å². The zero-order valence-electron chi connectivity index (χ0n) is 10.5. The van der Waals surface area contributed by atoms with Gasteiger partial charge in [0.2, 0.25) is 0 Å². The molecule has 0 aromatic heterocycles. The first kappa shape index (κ1) is 12.6. The van der Waals surface area contributed by atoms with E-state index in [1.165, 1.54) is 0 Å². The second-order valence-electron chi connectivity index (χ2n) is 4.79. The number of ether oxygens (including phenoxy) is 2. The molecule has 3 heteroatoms. The minimum Gasteiger partial charge on any atom is -0.493 e. The number of esters is 1. The molecule has 0 aliphatic carbocycles. The zero-order chi connectivity index (χ0) is 12.3. The minimum atomic E-state index is -0.518. The number of hydrogen-bond donors (Lipinski definition) is 0. The number of carbonyl (C=O) groups is 1. The lowest BCUT2D eigenvalue weighted by Gasteiger charge is -2.17. The quantitative estimate of drug-likeness (QED) is 0.570. The third-order valence-corrected chi connectivity index (χ3v) is 2.13. The molecule has 0 saturated carbocycles. The normalized spacial score (nSPS) is 11.1. The van der Waals surface area contributed by atoms with Crippen molar-refractivity contribution in [3.8, 4) is 11.5 Å². The lowest BCUT2D eigenvalue weighted by molar-refractivity contribution is -0.143. The molecule has 1 aromatic carbocycles. The highest BCUT2D eigenvalue weighted by Crippen LogP contribution is 2.29. The third kappa shape index (κ3) is 2.99. The fraction of sp³-hybridized carbons (Fsp3) is 0.462. The Labute approximate surface area is 96.4 Å². The Hall–Kier alpha value is -1.51. The summed E-state index contributed by atoms with van der Waals surface area (Å²) in [4.78, 5) is 11.7. The molecule has 0 fully saturated rings. The predicted molar refractivity (Wildman–Crippen MR) is 62.8 cm³/mol. The highest BCUT2D eigenvalue weighted by Gasteiger charge is 2.24. The number of benzene rings is 1. The molecule has 0 N–H and O–H groups in total. The van der Waals surface area contributed by atoms with Crippen LogP contribution in [0.25, 0.3) is 0 Å². The Morgan fingerprint density at radius 1 is 1.19 bits per heavy atom. The van der Waals surface area contributed by atoms with E-state index in [2.05, 4.69) is 0 Å². The second kappa shape index (κ2) is 4.56. The second-order valence-corrected chi connectivity index (χ2v) is 4.79. The molecule has 0 spiro atoms. The first-order valence-electron chi connectivity index (χ1n) is 5.21. The number of aryl methyl sites for hydroxylation is 1. The molecule has 1 rings (SSSR count). The van der Waals surface area contributed by atoms with Crippen LogP contribution in [0, 0.1) is 12.3 Å². The molecule has 1 aromatic rings. The number of hydrogen-bond acceptors (Lipinski definition) is 3. The van der Waals surface area contributed by atoms with Crippen LogP contribution in [-0.4, -0.2) is 13.1 Å². The fourth-order valence-corrected chi connectivity index (χ4v) is 1.11. The summed E-state index contributed by atoms with van der Waals surface area (Å²) in [5.41, 5.74) is 0.544. The van der Waals surface area contributed by atoms with Gasteiger partial charge in [-0.25, -0.2) is 0 Å². The van der Waals surface area contributed by atoms with Gasteiger partial charge in [0.05, 0.1) is 12.5 Å². The van der Waals surface area contributed by atoms with Gasteiger partial charge >= 0.3 is 5.97 Å². The van der Waals surface area contributed by atoms with Crippen LogP contribution in [0.5, 0.6) is 11.5 Å². The van der Waals surface area contributed by atoms with Gasteiger partial charge < -0.3 is 9.47 Å². The Balaban J connectivity index is 2.93. The maximum atomic E-state index is 11.7. The van der Waals surface area contributed by atoms with Gasteiger partial charge in [-0.1, -0.05) is 6.07 Å². The summed E-state index contributed by atoms with van der Waals surface area (Å²) < 4.78 is 10.5. The van der Waals surface area contributed by atoms with Crippen LogP contribution in [0.4, 0.5) is 0 Å². The summed E-state index contributed by atoms with van der Waals surface area (Å²) in [6.07, 6.45) is 0. The van der Waals surface area contributed by atoms with Gasteiger partial charge in [-0.3, -0.25) is 4.79 Å². The monoisotopic (exact) mass is 222 g/mol. The molecule has 0 unspecified atom stereocenters. The molecule has 0 aliphatic heterocycles. The number of rotatable bonds is 2. The molecule has 0 atom stereocenters. The predicted octanol–water partition coefficient (Wildman–Crippen LogP) is 2.96. The largest absolute Gasteiger partial charge is 0.493 e. The number of carbonyl (C=O) groups excluding carboxylic acids is 1. The first-order chi connectivity index (χ1) is 7.34. The highest BCUT2D eigenvalue weighted by atomic mass is 16.6. The molecule has 88 valence electrons. The standard InChI is InChI=1S/C13H18O3/c1-9-6-7-10(11(8-9)15-5)16-12(14)13(2,3)4/h6-8H,1-5H3. The van der Waals surface area contributed by atoms with E-state index in [0.717, 1.165) is 5.56 Å². The van der Waals surface area contributed by atoms with Crippen molar-refractivity contribution >= 4 is 5.97 Å². The van der Waals surface area contributed by atoms with Crippen molar-refractivity contribution in [2.24, 2.45) is 5.41 Å². The van der Waals surface area contributed by atoms with Gasteiger partial charge in [-0.2, -0.15) is 0 Å². The molecular formula is C13H18O3. The van der Waals surface area contributed by atoms with Crippen LogP contribution in [0.1, 0.15) is 26.3 Å². The van der Waals surface area contributed by atoms with Gasteiger partial charge in [0.25, 0.3) is 0 Å². The number of methoxy groups -OCH3 is 1. The van der Waals surface area contributed by atoms with Crippen molar-refractivity contribution < 1.29 is 14.3 Å². The molecule has 0 heterocycles.